The molecule has 0 aliphatic heterocycles. The highest BCUT2D eigenvalue weighted by molar-refractivity contribution is 5.71. The van der Waals surface area contributed by atoms with Crippen LogP contribution in [-0.2, 0) is 28.6 Å². The van der Waals surface area contributed by atoms with Crippen molar-refractivity contribution in [2.45, 2.75) is 258 Å². The van der Waals surface area contributed by atoms with Gasteiger partial charge in [-0.15, -0.1) is 0 Å². The normalized spacial score (nSPS) is 13.0. The van der Waals surface area contributed by atoms with Crippen LogP contribution < -0.4 is 0 Å². The molecule has 402 valence electrons. The maximum Gasteiger partial charge on any atom is 0.306 e. The van der Waals surface area contributed by atoms with Crippen LogP contribution in [0.1, 0.15) is 252 Å². The summed E-state index contributed by atoms with van der Waals surface area (Å²) in [7, 11) is 0. The third kappa shape index (κ3) is 56.6. The first-order valence-electron chi connectivity index (χ1n) is 29.0. The molecule has 0 bridgehead atoms. The Bertz CT molecular complexity index is 1500. The number of ether oxygens (including phenoxy) is 3. The summed E-state index contributed by atoms with van der Waals surface area (Å²) in [6, 6.07) is 0. The molecule has 0 N–H and O–H groups in total. The number of hydrogen-bond donors (Lipinski definition) is 0. The van der Waals surface area contributed by atoms with Gasteiger partial charge in [0.15, 0.2) is 6.10 Å². The Kier molecular flexibility index (Phi) is 54.9. The predicted octanol–water partition coefficient (Wildman–Crippen LogP) is 19.6. The van der Waals surface area contributed by atoms with Crippen molar-refractivity contribution in [3.8, 4) is 0 Å². The van der Waals surface area contributed by atoms with E-state index in [0.717, 1.165) is 141 Å². The molecule has 0 amide bonds. The number of esters is 3. The van der Waals surface area contributed by atoms with Crippen molar-refractivity contribution in [2.75, 3.05) is 13.2 Å². The van der Waals surface area contributed by atoms with Gasteiger partial charge in [0.2, 0.25) is 0 Å². The Balaban J connectivity index is 4.11. The SMILES string of the molecule is CC/C=C\C/C=C\C/C=C\C/C=C\C/C=C\C/C=C\C/C=C\C/C=C\C/C=C\C/C=C\CCCCCCC(=O)OCC(COC(=O)CCCCCCC)OC(=O)CCCCCCCCCCCCCCC. The van der Waals surface area contributed by atoms with E-state index in [1.54, 1.807) is 0 Å². The molecule has 0 saturated heterocycles. The fourth-order valence-corrected chi connectivity index (χ4v) is 7.65. The van der Waals surface area contributed by atoms with Gasteiger partial charge in [0.1, 0.15) is 13.2 Å². The quantitative estimate of drug-likeness (QED) is 0.0261. The van der Waals surface area contributed by atoms with Gasteiger partial charge in [0.05, 0.1) is 0 Å². The van der Waals surface area contributed by atoms with Crippen LogP contribution in [0.5, 0.6) is 0 Å². The molecule has 0 aliphatic rings. The van der Waals surface area contributed by atoms with Gasteiger partial charge in [0.25, 0.3) is 0 Å². The number of hydrogen-bond acceptors (Lipinski definition) is 6. The zero-order valence-electron chi connectivity index (χ0n) is 45.9. The van der Waals surface area contributed by atoms with Crippen molar-refractivity contribution in [3.63, 3.8) is 0 Å². The molecule has 0 spiro atoms. The lowest BCUT2D eigenvalue weighted by atomic mass is 10.0. The fourth-order valence-electron chi connectivity index (χ4n) is 7.65. The van der Waals surface area contributed by atoms with Gasteiger partial charge < -0.3 is 14.2 Å². The van der Waals surface area contributed by atoms with Gasteiger partial charge in [-0.2, -0.15) is 0 Å². The van der Waals surface area contributed by atoms with Crippen LogP contribution in [-0.4, -0.2) is 37.2 Å². The molecule has 0 rings (SSSR count). The summed E-state index contributed by atoms with van der Waals surface area (Å²) in [5.74, 6) is -0.928. The monoisotopic (exact) mass is 983 g/mol. The van der Waals surface area contributed by atoms with E-state index in [1.807, 2.05) is 0 Å². The molecule has 0 aromatic carbocycles. The van der Waals surface area contributed by atoms with Gasteiger partial charge in [-0.05, 0) is 96.3 Å². The Morgan fingerprint density at radius 2 is 0.549 bits per heavy atom. The number of carbonyl (C=O) groups is 3. The van der Waals surface area contributed by atoms with Crippen LogP contribution in [0.4, 0.5) is 0 Å². The van der Waals surface area contributed by atoms with Crippen molar-refractivity contribution in [1.29, 1.82) is 0 Å². The molecule has 71 heavy (non-hydrogen) atoms. The van der Waals surface area contributed by atoms with Crippen LogP contribution in [0.15, 0.2) is 122 Å². The van der Waals surface area contributed by atoms with Crippen molar-refractivity contribution in [1.82, 2.24) is 0 Å². The lowest BCUT2D eigenvalue weighted by Crippen LogP contribution is -2.30. The van der Waals surface area contributed by atoms with E-state index < -0.39 is 6.10 Å². The summed E-state index contributed by atoms with van der Waals surface area (Å²) in [5, 5.41) is 0. The molecule has 0 fully saturated rings. The summed E-state index contributed by atoms with van der Waals surface area (Å²) in [5.41, 5.74) is 0. The Morgan fingerprint density at radius 3 is 0.859 bits per heavy atom. The molecule has 0 aromatic rings. The van der Waals surface area contributed by atoms with Crippen LogP contribution in [0, 0.1) is 0 Å². The minimum absolute atomic E-state index is 0.0864. The molecule has 0 aromatic heterocycles. The van der Waals surface area contributed by atoms with Gasteiger partial charge in [-0.1, -0.05) is 258 Å². The van der Waals surface area contributed by atoms with E-state index >= 15 is 0 Å². The van der Waals surface area contributed by atoms with E-state index in [2.05, 4.69) is 142 Å². The molecule has 0 heterocycles. The third-order valence-electron chi connectivity index (χ3n) is 12.0. The first-order valence-corrected chi connectivity index (χ1v) is 29.0. The highest BCUT2D eigenvalue weighted by Crippen LogP contribution is 2.15. The maximum absolute atomic E-state index is 12.7. The molecule has 1 atom stereocenters. The lowest BCUT2D eigenvalue weighted by Gasteiger charge is -2.18. The molecular weight excluding hydrogens is 877 g/mol. The van der Waals surface area contributed by atoms with Gasteiger partial charge in [-0.3, -0.25) is 14.4 Å². The van der Waals surface area contributed by atoms with Crippen LogP contribution >= 0.6 is 0 Å². The molecule has 0 aliphatic carbocycles. The maximum atomic E-state index is 12.7. The second-order valence-electron chi connectivity index (χ2n) is 18.8. The minimum atomic E-state index is -0.784. The van der Waals surface area contributed by atoms with E-state index in [9.17, 15) is 14.4 Å². The summed E-state index contributed by atoms with van der Waals surface area (Å²) in [6.45, 7) is 6.41. The van der Waals surface area contributed by atoms with E-state index in [4.69, 9.17) is 14.2 Å². The van der Waals surface area contributed by atoms with Gasteiger partial charge in [0, 0.05) is 19.3 Å². The number of rotatable bonds is 51. The van der Waals surface area contributed by atoms with Crippen LogP contribution in [0.3, 0.4) is 0 Å². The van der Waals surface area contributed by atoms with Gasteiger partial charge in [-0.25, -0.2) is 0 Å². The highest BCUT2D eigenvalue weighted by Gasteiger charge is 2.19. The van der Waals surface area contributed by atoms with Crippen molar-refractivity contribution >= 4 is 17.9 Å². The largest absolute Gasteiger partial charge is 0.462 e. The van der Waals surface area contributed by atoms with Crippen molar-refractivity contribution in [2.24, 2.45) is 0 Å². The minimum Gasteiger partial charge on any atom is -0.462 e. The number of unbranched alkanes of at least 4 members (excludes halogenated alkanes) is 20. The second-order valence-corrected chi connectivity index (χ2v) is 18.8. The van der Waals surface area contributed by atoms with Crippen LogP contribution in [0.25, 0.3) is 0 Å². The summed E-state index contributed by atoms with van der Waals surface area (Å²) in [4.78, 5) is 37.7. The number of carbonyl (C=O) groups excluding carboxylic acids is 3. The standard InChI is InChI=1S/C65H106O6/c1-4-7-10-13-15-17-19-21-22-23-24-25-26-27-28-29-30-31-32-33-34-35-36-37-38-39-40-41-42-44-45-47-49-52-55-58-64(67)70-61-62(60-69-63(66)57-54-51-12-9-6-3)71-65(68)59-56-53-50-48-46-43-20-18-16-14-11-8-5-2/h7,10,15,17,21-22,24-25,27-28,30-31,33-34,36-37,39-40,42,44,62H,4-6,8-9,11-14,16,18-20,23,26,29,32,35,38,41,43,45-61H2,1-3H3/b10-7-,17-15-,22-21-,25-24-,28-27-,31-30-,34-33-,37-36-,40-39-,44-42-. The number of allylic oxidation sites excluding steroid dienone is 20. The van der Waals surface area contributed by atoms with Gasteiger partial charge >= 0.3 is 17.9 Å². The topological polar surface area (TPSA) is 78.9 Å². The fraction of sp³-hybridized carbons (Fsp3) is 0.646. The predicted molar refractivity (Wildman–Crippen MR) is 306 cm³/mol. The Labute approximate surface area is 437 Å². The Morgan fingerprint density at radius 1 is 0.296 bits per heavy atom. The van der Waals surface area contributed by atoms with Crippen molar-refractivity contribution < 1.29 is 28.6 Å². The first-order chi connectivity index (χ1) is 35.0. The van der Waals surface area contributed by atoms with E-state index in [1.165, 1.54) is 70.6 Å². The van der Waals surface area contributed by atoms with Crippen molar-refractivity contribution in [3.05, 3.63) is 122 Å². The summed E-state index contributed by atoms with van der Waals surface area (Å²) >= 11 is 0. The summed E-state index contributed by atoms with van der Waals surface area (Å²) < 4.78 is 16.7. The molecule has 0 saturated carbocycles. The first kappa shape index (κ1) is 66.8. The average molecular weight is 984 g/mol. The average Bonchev–Trinajstić information content (AvgIpc) is 3.37. The molecular formula is C65H106O6. The van der Waals surface area contributed by atoms with E-state index in [-0.39, 0.29) is 31.1 Å². The second kappa shape index (κ2) is 58.4. The molecule has 0 radical (unpaired) electrons. The lowest BCUT2D eigenvalue weighted by molar-refractivity contribution is -0.167. The third-order valence-corrected chi connectivity index (χ3v) is 12.0. The summed E-state index contributed by atoms with van der Waals surface area (Å²) in [6.07, 6.45) is 81.0. The smallest absolute Gasteiger partial charge is 0.306 e. The molecule has 1 unspecified atom stereocenters. The zero-order valence-corrected chi connectivity index (χ0v) is 45.9. The van der Waals surface area contributed by atoms with Crippen LogP contribution in [0.2, 0.25) is 0 Å². The van der Waals surface area contributed by atoms with E-state index in [0.29, 0.717) is 19.3 Å². The Hall–Kier alpha value is -4.19. The molecule has 6 nitrogen and oxygen atoms in total. The highest BCUT2D eigenvalue weighted by atomic mass is 16.6. The molecule has 6 heteroatoms. The zero-order chi connectivity index (χ0) is 51.4.